The number of likely N-dealkylation sites (tertiary alicyclic amines) is 1. The molecule has 2 aromatic rings. The van der Waals surface area contributed by atoms with Gasteiger partial charge in [0.2, 0.25) is 0 Å². The first-order valence-corrected chi connectivity index (χ1v) is 9.05. The molecule has 0 bridgehead atoms. The van der Waals surface area contributed by atoms with E-state index in [-0.39, 0.29) is 5.91 Å². The normalized spacial score (nSPS) is 23.7. The van der Waals surface area contributed by atoms with Crippen LogP contribution in [0, 0.1) is 0 Å². The molecule has 3 aliphatic rings. The number of carbonyl (C=O) groups excluding carboxylic acids is 1. The van der Waals surface area contributed by atoms with Crippen molar-refractivity contribution >= 4 is 17.4 Å². The Balaban J connectivity index is 1.46. The minimum absolute atomic E-state index is 0.131. The van der Waals surface area contributed by atoms with Gasteiger partial charge in [0.1, 0.15) is 5.84 Å². The van der Waals surface area contributed by atoms with Gasteiger partial charge in [-0.05, 0) is 48.1 Å². The first-order valence-electron chi connectivity index (χ1n) is 9.05. The predicted octanol–water partition coefficient (Wildman–Crippen LogP) is 3.18. The van der Waals surface area contributed by atoms with E-state index < -0.39 is 0 Å². The van der Waals surface area contributed by atoms with Crippen LogP contribution in [0.4, 0.5) is 5.69 Å². The molecule has 4 nitrogen and oxygen atoms in total. The number of hydrogen-bond donors (Lipinski definition) is 1. The van der Waals surface area contributed by atoms with E-state index in [9.17, 15) is 4.79 Å². The summed E-state index contributed by atoms with van der Waals surface area (Å²) >= 11 is 0. The highest BCUT2D eigenvalue weighted by molar-refractivity contribution is 5.98. The van der Waals surface area contributed by atoms with E-state index in [0.717, 1.165) is 36.2 Å². The minimum atomic E-state index is 0.131. The standard InChI is InChI=1S/C21H21N3O/c22-20-12-14-7-8-15(10-18(14)23-20)21(25)24-9-3-6-17-16-5-2-1-4-13(16)11-19(17)24/h1-2,4-5,7-8,10,17,19H,3,6,9,11-12H2,(H2,22,23)/t17?,19-/m0/s1. The molecule has 1 aliphatic carbocycles. The molecule has 1 amide bonds. The molecule has 2 N–H and O–H groups in total. The van der Waals surface area contributed by atoms with Crippen LogP contribution >= 0.6 is 0 Å². The lowest BCUT2D eigenvalue weighted by atomic mass is 9.88. The number of aliphatic imine (C=N–C) groups is 1. The van der Waals surface area contributed by atoms with Crippen LogP contribution in [0.1, 0.15) is 45.8 Å². The number of nitrogens with two attached hydrogens (primary N) is 1. The number of benzene rings is 2. The topological polar surface area (TPSA) is 58.7 Å². The van der Waals surface area contributed by atoms with Gasteiger partial charge < -0.3 is 10.6 Å². The summed E-state index contributed by atoms with van der Waals surface area (Å²) in [5.74, 6) is 1.24. The van der Waals surface area contributed by atoms with Crippen LogP contribution in [0.15, 0.2) is 47.5 Å². The molecule has 25 heavy (non-hydrogen) atoms. The highest BCUT2D eigenvalue weighted by atomic mass is 16.2. The Hall–Kier alpha value is -2.62. The Morgan fingerprint density at radius 3 is 2.96 bits per heavy atom. The second kappa shape index (κ2) is 5.45. The Morgan fingerprint density at radius 1 is 1.16 bits per heavy atom. The van der Waals surface area contributed by atoms with Crippen LogP contribution in [0.3, 0.4) is 0 Å². The molecule has 2 atom stereocenters. The maximum Gasteiger partial charge on any atom is 0.254 e. The molecule has 2 aliphatic heterocycles. The third-order valence-electron chi connectivity index (χ3n) is 5.89. The fourth-order valence-corrected chi connectivity index (χ4v) is 4.74. The van der Waals surface area contributed by atoms with Crippen molar-refractivity contribution in [1.82, 2.24) is 4.90 Å². The van der Waals surface area contributed by atoms with Crippen molar-refractivity contribution in [3.05, 3.63) is 64.7 Å². The molecule has 2 heterocycles. The maximum atomic E-state index is 13.2. The number of piperidine rings is 1. The molecule has 5 rings (SSSR count). The molecular formula is C21H21N3O. The fourth-order valence-electron chi connectivity index (χ4n) is 4.74. The van der Waals surface area contributed by atoms with Crippen molar-refractivity contribution in [1.29, 1.82) is 0 Å². The largest absolute Gasteiger partial charge is 0.387 e. The molecule has 0 spiro atoms. The summed E-state index contributed by atoms with van der Waals surface area (Å²) in [6.45, 7) is 0.844. The van der Waals surface area contributed by atoms with Gasteiger partial charge in [-0.2, -0.15) is 0 Å². The zero-order chi connectivity index (χ0) is 17.0. The van der Waals surface area contributed by atoms with Crippen molar-refractivity contribution in [3.8, 4) is 0 Å². The van der Waals surface area contributed by atoms with Gasteiger partial charge >= 0.3 is 0 Å². The molecule has 4 heteroatoms. The second-order valence-corrected chi connectivity index (χ2v) is 7.34. The summed E-state index contributed by atoms with van der Waals surface area (Å²) in [5.41, 5.74) is 11.4. The summed E-state index contributed by atoms with van der Waals surface area (Å²) in [7, 11) is 0. The zero-order valence-corrected chi connectivity index (χ0v) is 14.1. The molecule has 1 unspecified atom stereocenters. The average molecular weight is 331 g/mol. The summed E-state index contributed by atoms with van der Waals surface area (Å²) in [6.07, 6.45) is 3.91. The second-order valence-electron chi connectivity index (χ2n) is 7.34. The fraction of sp³-hybridized carbons (Fsp3) is 0.333. The van der Waals surface area contributed by atoms with Crippen molar-refractivity contribution in [2.45, 2.75) is 37.6 Å². The highest BCUT2D eigenvalue weighted by Gasteiger charge is 2.40. The van der Waals surface area contributed by atoms with Crippen LogP contribution < -0.4 is 5.73 Å². The van der Waals surface area contributed by atoms with E-state index in [1.165, 1.54) is 17.5 Å². The Kier molecular flexibility index (Phi) is 3.20. The molecule has 2 aromatic carbocycles. The van der Waals surface area contributed by atoms with Gasteiger partial charge in [-0.25, -0.2) is 4.99 Å². The number of carbonyl (C=O) groups is 1. The van der Waals surface area contributed by atoms with Crippen LogP contribution in [0.2, 0.25) is 0 Å². The number of nitrogens with zero attached hydrogens (tertiary/aromatic N) is 2. The van der Waals surface area contributed by atoms with E-state index in [4.69, 9.17) is 5.73 Å². The van der Waals surface area contributed by atoms with Crippen LogP contribution in [-0.2, 0) is 12.8 Å². The molecule has 0 aromatic heterocycles. The van der Waals surface area contributed by atoms with E-state index >= 15 is 0 Å². The number of fused-ring (bicyclic) bond motifs is 4. The van der Waals surface area contributed by atoms with Gasteiger partial charge in [0.15, 0.2) is 0 Å². The molecule has 1 saturated heterocycles. The lowest BCUT2D eigenvalue weighted by molar-refractivity contribution is 0.0595. The van der Waals surface area contributed by atoms with Gasteiger partial charge in [-0.15, -0.1) is 0 Å². The summed E-state index contributed by atoms with van der Waals surface area (Å²) in [5, 5.41) is 0. The Morgan fingerprint density at radius 2 is 2.04 bits per heavy atom. The molecule has 1 fully saturated rings. The van der Waals surface area contributed by atoms with Gasteiger partial charge in [0.25, 0.3) is 5.91 Å². The van der Waals surface area contributed by atoms with Crippen molar-refractivity contribution in [3.63, 3.8) is 0 Å². The van der Waals surface area contributed by atoms with Crippen molar-refractivity contribution < 1.29 is 4.79 Å². The summed E-state index contributed by atoms with van der Waals surface area (Å²) in [6, 6.07) is 14.8. The third-order valence-corrected chi connectivity index (χ3v) is 5.89. The van der Waals surface area contributed by atoms with E-state index in [1.807, 2.05) is 18.2 Å². The smallest absolute Gasteiger partial charge is 0.254 e. The van der Waals surface area contributed by atoms with Crippen LogP contribution in [-0.4, -0.2) is 29.2 Å². The number of rotatable bonds is 1. The maximum absolute atomic E-state index is 13.2. The monoisotopic (exact) mass is 331 g/mol. The first kappa shape index (κ1) is 14.7. The lowest BCUT2D eigenvalue weighted by Crippen LogP contribution is -2.46. The zero-order valence-electron chi connectivity index (χ0n) is 14.1. The van der Waals surface area contributed by atoms with Crippen molar-refractivity contribution in [2.24, 2.45) is 10.7 Å². The van der Waals surface area contributed by atoms with Gasteiger partial charge in [0.05, 0.1) is 5.69 Å². The summed E-state index contributed by atoms with van der Waals surface area (Å²) < 4.78 is 0. The van der Waals surface area contributed by atoms with Gasteiger partial charge in [0, 0.05) is 30.5 Å². The average Bonchev–Trinajstić information content (AvgIpc) is 3.19. The van der Waals surface area contributed by atoms with E-state index in [1.54, 1.807) is 0 Å². The summed E-state index contributed by atoms with van der Waals surface area (Å²) in [4.78, 5) is 19.7. The molecular weight excluding hydrogens is 310 g/mol. The third kappa shape index (κ3) is 2.28. The molecule has 0 saturated carbocycles. The lowest BCUT2D eigenvalue weighted by Gasteiger charge is -2.38. The van der Waals surface area contributed by atoms with Crippen molar-refractivity contribution in [2.75, 3.05) is 6.54 Å². The van der Waals surface area contributed by atoms with Crippen LogP contribution in [0.25, 0.3) is 0 Å². The number of amidine groups is 1. The predicted molar refractivity (Wildman–Crippen MR) is 98.4 cm³/mol. The van der Waals surface area contributed by atoms with Crippen LogP contribution in [0.5, 0.6) is 0 Å². The van der Waals surface area contributed by atoms with Gasteiger partial charge in [-0.1, -0.05) is 30.3 Å². The highest BCUT2D eigenvalue weighted by Crippen LogP contribution is 2.42. The van der Waals surface area contributed by atoms with E-state index in [2.05, 4.69) is 34.2 Å². The molecule has 126 valence electrons. The quantitative estimate of drug-likeness (QED) is 0.872. The minimum Gasteiger partial charge on any atom is -0.387 e. The SMILES string of the molecule is NC1=Nc2cc(C(=O)N3CCCC4c5ccccc5C[C@@H]43)ccc2C1. The Labute approximate surface area is 147 Å². The number of amides is 1. The first-order chi connectivity index (χ1) is 12.2. The molecule has 0 radical (unpaired) electrons. The number of hydrogen-bond acceptors (Lipinski definition) is 3. The van der Waals surface area contributed by atoms with Gasteiger partial charge in [-0.3, -0.25) is 4.79 Å². The van der Waals surface area contributed by atoms with E-state index in [0.29, 0.717) is 24.2 Å². The Bertz CT molecular complexity index is 902.